The number of benzene rings is 1. The second kappa shape index (κ2) is 7.49. The van der Waals surface area contributed by atoms with E-state index in [9.17, 15) is 10.1 Å². The maximum absolute atomic E-state index is 12.3. The third-order valence-electron chi connectivity index (χ3n) is 3.39. The molecule has 1 aromatic heterocycles. The average molecular weight is 349 g/mol. The Morgan fingerprint density at radius 2 is 2.26 bits per heavy atom. The number of nitrogens with one attached hydrogen (secondary N) is 1. The smallest absolute Gasteiger partial charge is 0.265 e. The summed E-state index contributed by atoms with van der Waals surface area (Å²) in [5.41, 5.74) is 1.52. The van der Waals surface area contributed by atoms with Gasteiger partial charge in [-0.25, -0.2) is 0 Å². The molecule has 1 aromatic carbocycles. The molecule has 0 aliphatic carbocycles. The molecule has 2 aromatic rings. The van der Waals surface area contributed by atoms with Gasteiger partial charge in [0.15, 0.2) is 6.10 Å². The molecular weight excluding hydrogens is 332 g/mol. The minimum Gasteiger partial charge on any atom is -0.481 e. The van der Waals surface area contributed by atoms with Crippen molar-refractivity contribution in [3.63, 3.8) is 0 Å². The SMILES string of the molecule is CCc1c(C)sc(NC(=O)[C@@H](C)Oc2cccc(Cl)c2)c1C#N. The highest BCUT2D eigenvalue weighted by Crippen LogP contribution is 2.33. The number of nitriles is 1. The molecule has 23 heavy (non-hydrogen) atoms. The number of rotatable bonds is 5. The molecular formula is C17H17ClN2O2S. The number of carbonyl (C=O) groups excluding carboxylic acids is 1. The number of anilines is 1. The van der Waals surface area contributed by atoms with Crippen LogP contribution in [0.5, 0.6) is 5.75 Å². The Balaban J connectivity index is 2.11. The first-order chi connectivity index (χ1) is 11.0. The van der Waals surface area contributed by atoms with Gasteiger partial charge in [0, 0.05) is 9.90 Å². The van der Waals surface area contributed by atoms with Crippen molar-refractivity contribution in [2.24, 2.45) is 0 Å². The number of aryl methyl sites for hydroxylation is 1. The summed E-state index contributed by atoms with van der Waals surface area (Å²) in [6.45, 7) is 5.60. The van der Waals surface area contributed by atoms with Crippen LogP contribution in [0.15, 0.2) is 24.3 Å². The van der Waals surface area contributed by atoms with Gasteiger partial charge < -0.3 is 10.1 Å². The fourth-order valence-corrected chi connectivity index (χ4v) is 3.50. The van der Waals surface area contributed by atoms with Gasteiger partial charge in [-0.05, 0) is 44.0 Å². The van der Waals surface area contributed by atoms with E-state index in [1.807, 2.05) is 13.8 Å². The molecule has 0 spiro atoms. The van der Waals surface area contributed by atoms with Crippen LogP contribution in [0.1, 0.15) is 29.9 Å². The third-order valence-corrected chi connectivity index (χ3v) is 4.69. The maximum Gasteiger partial charge on any atom is 0.265 e. The number of ether oxygens (including phenoxy) is 1. The van der Waals surface area contributed by atoms with Crippen molar-refractivity contribution in [2.75, 3.05) is 5.32 Å². The van der Waals surface area contributed by atoms with Crippen LogP contribution in [-0.4, -0.2) is 12.0 Å². The molecule has 6 heteroatoms. The highest BCUT2D eigenvalue weighted by atomic mass is 35.5. The van der Waals surface area contributed by atoms with Gasteiger partial charge in [-0.2, -0.15) is 5.26 Å². The first-order valence-corrected chi connectivity index (χ1v) is 8.41. The van der Waals surface area contributed by atoms with Crippen LogP contribution < -0.4 is 10.1 Å². The van der Waals surface area contributed by atoms with Crippen LogP contribution >= 0.6 is 22.9 Å². The summed E-state index contributed by atoms with van der Waals surface area (Å²) in [6, 6.07) is 9.05. The summed E-state index contributed by atoms with van der Waals surface area (Å²) >= 11 is 7.31. The first kappa shape index (κ1) is 17.3. The number of amides is 1. The van der Waals surface area contributed by atoms with E-state index in [2.05, 4.69) is 11.4 Å². The number of hydrogen-bond acceptors (Lipinski definition) is 4. The molecule has 1 amide bonds. The van der Waals surface area contributed by atoms with Crippen LogP contribution in [0.4, 0.5) is 5.00 Å². The molecule has 0 aliphatic rings. The Kier molecular flexibility index (Phi) is 5.64. The zero-order valence-corrected chi connectivity index (χ0v) is 14.7. The van der Waals surface area contributed by atoms with E-state index in [0.717, 1.165) is 16.9 Å². The molecule has 0 unspecified atom stereocenters. The van der Waals surface area contributed by atoms with E-state index in [1.54, 1.807) is 31.2 Å². The van der Waals surface area contributed by atoms with Crippen LogP contribution in [0.3, 0.4) is 0 Å². The molecule has 1 N–H and O–H groups in total. The Morgan fingerprint density at radius 3 is 2.87 bits per heavy atom. The number of carbonyl (C=O) groups is 1. The van der Waals surface area contributed by atoms with E-state index in [1.165, 1.54) is 11.3 Å². The molecule has 4 nitrogen and oxygen atoms in total. The summed E-state index contributed by atoms with van der Waals surface area (Å²) in [5, 5.41) is 13.2. The van der Waals surface area contributed by atoms with Crippen molar-refractivity contribution < 1.29 is 9.53 Å². The standard InChI is InChI=1S/C17H17ClN2O2S/c1-4-14-11(3)23-17(15(14)9-19)20-16(21)10(2)22-13-7-5-6-12(18)8-13/h5-8,10H,4H2,1-3H3,(H,20,21)/t10-/m1/s1. The molecule has 0 saturated heterocycles. The van der Waals surface area contributed by atoms with Gasteiger partial charge in [0.05, 0.1) is 5.56 Å². The third kappa shape index (κ3) is 4.04. The Bertz CT molecular complexity index is 764. The molecule has 0 bridgehead atoms. The molecule has 0 aliphatic heterocycles. The Morgan fingerprint density at radius 1 is 1.52 bits per heavy atom. The van der Waals surface area contributed by atoms with Crippen LogP contribution in [0.25, 0.3) is 0 Å². The van der Waals surface area contributed by atoms with Crippen LogP contribution in [0.2, 0.25) is 5.02 Å². The van der Waals surface area contributed by atoms with Crippen LogP contribution in [-0.2, 0) is 11.2 Å². The summed E-state index contributed by atoms with van der Waals surface area (Å²) in [5.74, 6) is 0.225. The molecule has 120 valence electrons. The van der Waals surface area contributed by atoms with Crippen molar-refractivity contribution >= 4 is 33.8 Å². The quantitative estimate of drug-likeness (QED) is 0.862. The Labute approximate surface area is 144 Å². The number of nitrogens with zero attached hydrogens (tertiary/aromatic N) is 1. The Hall–Kier alpha value is -2.03. The summed E-state index contributed by atoms with van der Waals surface area (Å²) < 4.78 is 5.59. The van der Waals surface area contributed by atoms with E-state index in [4.69, 9.17) is 16.3 Å². The van der Waals surface area contributed by atoms with Crippen molar-refractivity contribution in [3.8, 4) is 11.8 Å². The summed E-state index contributed by atoms with van der Waals surface area (Å²) in [6.07, 6.45) is 0.0582. The van der Waals surface area contributed by atoms with Gasteiger partial charge in [-0.15, -0.1) is 11.3 Å². The predicted molar refractivity (Wildman–Crippen MR) is 93.3 cm³/mol. The van der Waals surface area contributed by atoms with E-state index < -0.39 is 6.10 Å². The number of halogens is 1. The van der Waals surface area contributed by atoms with E-state index in [0.29, 0.717) is 21.3 Å². The largest absolute Gasteiger partial charge is 0.481 e. The second-order valence-electron chi connectivity index (χ2n) is 5.01. The highest BCUT2D eigenvalue weighted by Gasteiger charge is 2.20. The predicted octanol–water partition coefficient (Wildman–Crippen LogP) is 4.55. The molecule has 0 fully saturated rings. The lowest BCUT2D eigenvalue weighted by molar-refractivity contribution is -0.122. The zero-order chi connectivity index (χ0) is 17.0. The molecule has 2 rings (SSSR count). The number of hydrogen-bond donors (Lipinski definition) is 1. The lowest BCUT2D eigenvalue weighted by atomic mass is 10.1. The van der Waals surface area contributed by atoms with Crippen molar-refractivity contribution in [3.05, 3.63) is 45.3 Å². The zero-order valence-electron chi connectivity index (χ0n) is 13.1. The molecule has 1 atom stereocenters. The van der Waals surface area contributed by atoms with Crippen molar-refractivity contribution in [1.29, 1.82) is 5.26 Å². The molecule has 1 heterocycles. The van der Waals surface area contributed by atoms with Gasteiger partial charge >= 0.3 is 0 Å². The normalized spacial score (nSPS) is 11.6. The van der Waals surface area contributed by atoms with Crippen molar-refractivity contribution in [1.82, 2.24) is 0 Å². The van der Waals surface area contributed by atoms with Crippen molar-refractivity contribution in [2.45, 2.75) is 33.3 Å². The monoisotopic (exact) mass is 348 g/mol. The van der Waals surface area contributed by atoms with Gasteiger partial charge in [-0.1, -0.05) is 24.6 Å². The topological polar surface area (TPSA) is 62.1 Å². The molecule has 0 saturated carbocycles. The van der Waals surface area contributed by atoms with E-state index in [-0.39, 0.29) is 5.91 Å². The summed E-state index contributed by atoms with van der Waals surface area (Å²) in [4.78, 5) is 13.4. The minimum absolute atomic E-state index is 0.301. The van der Waals surface area contributed by atoms with Gasteiger partial charge in [0.25, 0.3) is 5.91 Å². The van der Waals surface area contributed by atoms with Gasteiger partial charge in [0.2, 0.25) is 0 Å². The average Bonchev–Trinajstić information content (AvgIpc) is 2.81. The maximum atomic E-state index is 12.3. The minimum atomic E-state index is -0.701. The van der Waals surface area contributed by atoms with Gasteiger partial charge in [0.1, 0.15) is 16.8 Å². The molecule has 0 radical (unpaired) electrons. The highest BCUT2D eigenvalue weighted by molar-refractivity contribution is 7.16. The lowest BCUT2D eigenvalue weighted by Gasteiger charge is -2.14. The fraction of sp³-hybridized carbons (Fsp3) is 0.294. The second-order valence-corrected chi connectivity index (χ2v) is 6.67. The van der Waals surface area contributed by atoms with Gasteiger partial charge in [-0.3, -0.25) is 4.79 Å². The van der Waals surface area contributed by atoms with E-state index >= 15 is 0 Å². The van der Waals surface area contributed by atoms with Crippen LogP contribution in [0, 0.1) is 18.3 Å². The number of thiophene rings is 1. The fourth-order valence-electron chi connectivity index (χ4n) is 2.22. The first-order valence-electron chi connectivity index (χ1n) is 7.21. The lowest BCUT2D eigenvalue weighted by Crippen LogP contribution is -2.30. The summed E-state index contributed by atoms with van der Waals surface area (Å²) in [7, 11) is 0.